The van der Waals surface area contributed by atoms with Gasteiger partial charge in [0.05, 0.1) is 29.5 Å². The number of rotatable bonds is 6. The van der Waals surface area contributed by atoms with E-state index in [1.807, 2.05) is 50.8 Å². The van der Waals surface area contributed by atoms with E-state index in [4.69, 9.17) is 4.99 Å². The Morgan fingerprint density at radius 3 is 2.68 bits per heavy atom. The molecule has 0 aliphatic rings. The number of aromatic nitrogens is 4. The third kappa shape index (κ3) is 4.95. The van der Waals surface area contributed by atoms with Gasteiger partial charge in [-0.15, -0.1) is 11.3 Å². The predicted molar refractivity (Wildman–Crippen MR) is 114 cm³/mol. The van der Waals surface area contributed by atoms with Crippen molar-refractivity contribution >= 4 is 17.3 Å². The van der Waals surface area contributed by atoms with Crippen LogP contribution in [-0.2, 0) is 13.1 Å². The molecule has 0 fully saturated rings. The molecule has 1 N–H and O–H groups in total. The Kier molecular flexibility index (Phi) is 6.41. The molecule has 0 spiro atoms. The lowest BCUT2D eigenvalue weighted by Gasteiger charge is -2.21. The molecule has 0 aromatic carbocycles. The first-order valence-corrected chi connectivity index (χ1v) is 10.2. The van der Waals surface area contributed by atoms with Crippen molar-refractivity contribution in [1.29, 1.82) is 0 Å². The number of hydrogen-bond donors (Lipinski definition) is 1. The Labute approximate surface area is 170 Å². The zero-order chi connectivity index (χ0) is 20.1. The van der Waals surface area contributed by atoms with Crippen LogP contribution in [0.3, 0.4) is 0 Å². The molecule has 0 saturated carbocycles. The van der Waals surface area contributed by atoms with E-state index in [-0.39, 0.29) is 0 Å². The monoisotopic (exact) mass is 397 g/mol. The van der Waals surface area contributed by atoms with Gasteiger partial charge in [-0.25, -0.2) is 19.6 Å². The second-order valence-corrected chi connectivity index (χ2v) is 7.81. The molecule has 148 valence electrons. The SMILES string of the molecule is CCNC(=NCc1ccc(-n2nc(C)cc2C)nc1)N(C)Cc1csc(C)n1. The van der Waals surface area contributed by atoms with Gasteiger partial charge in [-0.3, -0.25) is 0 Å². The van der Waals surface area contributed by atoms with Crippen LogP contribution >= 0.6 is 11.3 Å². The van der Waals surface area contributed by atoms with Gasteiger partial charge in [-0.1, -0.05) is 6.07 Å². The minimum Gasteiger partial charge on any atom is -0.357 e. The smallest absolute Gasteiger partial charge is 0.194 e. The highest BCUT2D eigenvalue weighted by molar-refractivity contribution is 7.09. The molecule has 7 nitrogen and oxygen atoms in total. The van der Waals surface area contributed by atoms with Crippen molar-refractivity contribution < 1.29 is 0 Å². The molecule has 0 radical (unpaired) electrons. The van der Waals surface area contributed by atoms with Crippen LogP contribution in [0.5, 0.6) is 0 Å². The Bertz CT molecular complexity index is 940. The van der Waals surface area contributed by atoms with E-state index in [1.54, 1.807) is 11.3 Å². The number of nitrogens with zero attached hydrogens (tertiary/aromatic N) is 6. The Morgan fingerprint density at radius 1 is 1.29 bits per heavy atom. The number of nitrogens with one attached hydrogen (secondary N) is 1. The third-order valence-electron chi connectivity index (χ3n) is 4.21. The molecule has 0 aliphatic heterocycles. The average Bonchev–Trinajstić information content (AvgIpc) is 3.23. The highest BCUT2D eigenvalue weighted by Crippen LogP contribution is 2.12. The van der Waals surface area contributed by atoms with E-state index in [2.05, 4.69) is 43.7 Å². The minimum absolute atomic E-state index is 0.563. The van der Waals surface area contributed by atoms with Gasteiger partial charge in [0.2, 0.25) is 0 Å². The lowest BCUT2D eigenvalue weighted by Crippen LogP contribution is -2.38. The molecule has 0 bridgehead atoms. The van der Waals surface area contributed by atoms with E-state index >= 15 is 0 Å². The number of guanidine groups is 1. The van der Waals surface area contributed by atoms with Gasteiger partial charge in [-0.05, 0) is 45.4 Å². The van der Waals surface area contributed by atoms with Crippen LogP contribution in [0.25, 0.3) is 5.82 Å². The van der Waals surface area contributed by atoms with E-state index in [0.29, 0.717) is 6.54 Å². The van der Waals surface area contributed by atoms with Gasteiger partial charge in [0.15, 0.2) is 11.8 Å². The first-order chi connectivity index (χ1) is 13.5. The fourth-order valence-electron chi connectivity index (χ4n) is 2.93. The number of hydrogen-bond acceptors (Lipinski definition) is 5. The molecule has 0 saturated heterocycles. The van der Waals surface area contributed by atoms with Crippen molar-refractivity contribution in [1.82, 2.24) is 30.0 Å². The number of thiazole rings is 1. The quantitative estimate of drug-likeness (QED) is 0.511. The van der Waals surface area contributed by atoms with Gasteiger partial charge < -0.3 is 10.2 Å². The lowest BCUT2D eigenvalue weighted by molar-refractivity contribution is 0.471. The second kappa shape index (κ2) is 8.97. The third-order valence-corrected chi connectivity index (χ3v) is 5.03. The maximum Gasteiger partial charge on any atom is 0.194 e. The van der Waals surface area contributed by atoms with E-state index in [0.717, 1.165) is 52.5 Å². The van der Waals surface area contributed by atoms with Crippen LogP contribution in [0.1, 0.15) is 34.6 Å². The Morgan fingerprint density at radius 2 is 2.11 bits per heavy atom. The summed E-state index contributed by atoms with van der Waals surface area (Å²) in [5, 5.41) is 11.0. The lowest BCUT2D eigenvalue weighted by atomic mass is 10.3. The summed E-state index contributed by atoms with van der Waals surface area (Å²) in [5.74, 6) is 1.68. The maximum absolute atomic E-state index is 4.76. The van der Waals surface area contributed by atoms with E-state index in [1.165, 1.54) is 0 Å². The summed E-state index contributed by atoms with van der Waals surface area (Å²) >= 11 is 1.67. The molecular weight excluding hydrogens is 370 g/mol. The maximum atomic E-state index is 4.76. The van der Waals surface area contributed by atoms with Crippen molar-refractivity contribution in [3.63, 3.8) is 0 Å². The summed E-state index contributed by atoms with van der Waals surface area (Å²) < 4.78 is 1.86. The molecule has 3 rings (SSSR count). The molecule has 3 aromatic heterocycles. The van der Waals surface area contributed by atoms with Crippen molar-refractivity contribution in [2.45, 2.75) is 40.8 Å². The van der Waals surface area contributed by atoms with E-state index in [9.17, 15) is 0 Å². The van der Waals surface area contributed by atoms with Crippen LogP contribution in [0.2, 0.25) is 0 Å². The normalized spacial score (nSPS) is 11.7. The van der Waals surface area contributed by atoms with Crippen molar-refractivity contribution in [2.24, 2.45) is 4.99 Å². The number of aliphatic imine (C=N–C) groups is 1. The predicted octanol–water partition coefficient (Wildman–Crippen LogP) is 3.25. The van der Waals surface area contributed by atoms with Crippen LogP contribution in [0, 0.1) is 20.8 Å². The Hall–Kier alpha value is -2.74. The first kappa shape index (κ1) is 20.0. The highest BCUT2D eigenvalue weighted by atomic mass is 32.1. The molecule has 3 heterocycles. The van der Waals surface area contributed by atoms with Crippen molar-refractivity contribution in [2.75, 3.05) is 13.6 Å². The Balaban J connectivity index is 1.69. The summed E-state index contributed by atoms with van der Waals surface area (Å²) in [6.45, 7) is 10.2. The van der Waals surface area contributed by atoms with Crippen LogP contribution < -0.4 is 5.32 Å². The fourth-order valence-corrected chi connectivity index (χ4v) is 3.53. The molecule has 3 aromatic rings. The molecule has 0 aliphatic carbocycles. The minimum atomic E-state index is 0.563. The summed E-state index contributed by atoms with van der Waals surface area (Å²) in [6, 6.07) is 6.08. The first-order valence-electron chi connectivity index (χ1n) is 9.35. The van der Waals surface area contributed by atoms with Gasteiger partial charge in [0.1, 0.15) is 0 Å². The summed E-state index contributed by atoms with van der Waals surface area (Å²) in [4.78, 5) is 15.9. The van der Waals surface area contributed by atoms with Crippen LogP contribution in [-0.4, -0.2) is 44.2 Å². The average molecular weight is 398 g/mol. The van der Waals surface area contributed by atoms with Crippen molar-refractivity contribution in [3.8, 4) is 5.82 Å². The standard InChI is InChI=1S/C20H27N7S/c1-6-21-20(26(5)12-18-13-28-16(4)24-18)23-11-17-7-8-19(22-10-17)27-15(3)9-14(2)25-27/h7-10,13H,6,11-12H2,1-5H3,(H,21,23). The summed E-state index contributed by atoms with van der Waals surface area (Å²) in [7, 11) is 2.03. The van der Waals surface area contributed by atoms with Crippen molar-refractivity contribution in [3.05, 3.63) is 57.4 Å². The topological polar surface area (TPSA) is 71.2 Å². The van der Waals surface area contributed by atoms with E-state index < -0.39 is 0 Å². The van der Waals surface area contributed by atoms with Gasteiger partial charge in [0, 0.05) is 30.9 Å². The molecule has 0 atom stereocenters. The fraction of sp³-hybridized carbons (Fsp3) is 0.400. The second-order valence-electron chi connectivity index (χ2n) is 6.75. The molecule has 0 unspecified atom stereocenters. The van der Waals surface area contributed by atoms with Gasteiger partial charge >= 0.3 is 0 Å². The highest BCUT2D eigenvalue weighted by Gasteiger charge is 2.09. The molecule has 0 amide bonds. The summed E-state index contributed by atoms with van der Waals surface area (Å²) in [6.07, 6.45) is 1.86. The van der Waals surface area contributed by atoms with Crippen LogP contribution in [0.4, 0.5) is 0 Å². The van der Waals surface area contributed by atoms with Gasteiger partial charge in [0.25, 0.3) is 0 Å². The number of pyridine rings is 1. The largest absolute Gasteiger partial charge is 0.357 e. The van der Waals surface area contributed by atoms with Gasteiger partial charge in [-0.2, -0.15) is 5.10 Å². The summed E-state index contributed by atoms with van der Waals surface area (Å²) in [5.41, 5.74) is 4.18. The molecular formula is C20H27N7S. The molecule has 28 heavy (non-hydrogen) atoms. The van der Waals surface area contributed by atoms with Crippen LogP contribution in [0.15, 0.2) is 34.8 Å². The number of aryl methyl sites for hydroxylation is 3. The molecule has 8 heteroatoms. The zero-order valence-electron chi connectivity index (χ0n) is 17.1. The zero-order valence-corrected chi connectivity index (χ0v) is 17.9.